The van der Waals surface area contributed by atoms with Crippen LogP contribution in [0.4, 0.5) is 14.9 Å². The molecule has 2 aliphatic carbocycles. The first-order chi connectivity index (χ1) is 16.6. The number of hydrogen-bond acceptors (Lipinski definition) is 3. The average molecular weight is 483 g/mol. The van der Waals surface area contributed by atoms with E-state index in [2.05, 4.69) is 52.9 Å². The Kier molecular flexibility index (Phi) is 8.89. The molecule has 6 heteroatoms. The molecule has 1 aromatic rings. The number of carbonyl (C=O) groups is 1. The van der Waals surface area contributed by atoms with Crippen molar-refractivity contribution in [2.75, 3.05) is 0 Å². The topological polar surface area (TPSA) is 68.5 Å². The molecule has 2 N–H and O–H groups in total. The molecule has 1 fully saturated rings. The molecule has 35 heavy (non-hydrogen) atoms. The normalized spacial score (nSPS) is 26.0. The van der Waals surface area contributed by atoms with E-state index in [9.17, 15) is 9.18 Å². The summed E-state index contributed by atoms with van der Waals surface area (Å²) in [5.41, 5.74) is 3.00. The van der Waals surface area contributed by atoms with Crippen LogP contribution in [0.2, 0.25) is 0 Å². The van der Waals surface area contributed by atoms with Crippen LogP contribution in [-0.4, -0.2) is 41.0 Å². The second-order valence-corrected chi connectivity index (χ2v) is 11.1. The van der Waals surface area contributed by atoms with Crippen LogP contribution in [-0.2, 0) is 0 Å². The highest BCUT2D eigenvalue weighted by atomic mass is 19.1. The molecule has 2 amide bonds. The Morgan fingerprint density at radius 2 is 1.91 bits per heavy atom. The number of aliphatic imine (C=N–C) groups is 1. The lowest BCUT2D eigenvalue weighted by Crippen LogP contribution is -2.51. The van der Waals surface area contributed by atoms with Crippen molar-refractivity contribution in [3.05, 3.63) is 41.7 Å². The van der Waals surface area contributed by atoms with Crippen LogP contribution in [0, 0.1) is 28.5 Å². The van der Waals surface area contributed by atoms with Gasteiger partial charge >= 0.3 is 6.03 Å². The summed E-state index contributed by atoms with van der Waals surface area (Å²) in [6, 6.07) is 6.69. The molecule has 1 aromatic carbocycles. The Labute approximate surface area is 210 Å². The zero-order valence-corrected chi connectivity index (χ0v) is 22.3. The van der Waals surface area contributed by atoms with E-state index < -0.39 is 0 Å². The fourth-order valence-corrected chi connectivity index (χ4v) is 6.14. The van der Waals surface area contributed by atoms with Gasteiger partial charge in [0.05, 0.1) is 5.69 Å². The summed E-state index contributed by atoms with van der Waals surface area (Å²) in [7, 11) is 0. The molecular formula is C29H43FN4O. The van der Waals surface area contributed by atoms with Gasteiger partial charge in [0, 0.05) is 36.0 Å². The van der Waals surface area contributed by atoms with Gasteiger partial charge in [-0.2, -0.15) is 0 Å². The highest BCUT2D eigenvalue weighted by Gasteiger charge is 2.47. The van der Waals surface area contributed by atoms with E-state index in [1.54, 1.807) is 12.1 Å². The third-order valence-corrected chi connectivity index (χ3v) is 7.91. The van der Waals surface area contributed by atoms with Gasteiger partial charge in [0.1, 0.15) is 5.82 Å². The summed E-state index contributed by atoms with van der Waals surface area (Å²) in [5.74, 6) is 0.113. The number of amides is 2. The Balaban J connectivity index is 1.80. The maximum absolute atomic E-state index is 13.3. The number of nitrogens with one attached hydrogen (secondary N) is 2. The predicted octanol–water partition coefficient (Wildman–Crippen LogP) is 7.30. The monoisotopic (exact) mass is 482 g/mol. The third-order valence-electron chi connectivity index (χ3n) is 7.91. The molecule has 0 spiro atoms. The Bertz CT molecular complexity index is 944. The van der Waals surface area contributed by atoms with E-state index >= 15 is 0 Å². The van der Waals surface area contributed by atoms with Gasteiger partial charge in [-0.3, -0.25) is 4.99 Å². The standard InChI is InChI=1S/C29H43FN4O/c1-7-8-26(33-28(35)34(19(2)3)20(4)5)15-22-9-10-23-16-27(21(18-31)17-29(22,23)6)32-25-13-11-24(30)12-14-25/h11-14,16,18-22,26,31H,7-10,15,17H2,1-6H3,(H,33,35). The molecule has 0 radical (unpaired) electrons. The van der Waals surface area contributed by atoms with Crippen molar-refractivity contribution in [2.45, 2.75) is 98.2 Å². The summed E-state index contributed by atoms with van der Waals surface area (Å²) >= 11 is 0. The number of fused-ring (bicyclic) bond motifs is 1. The summed E-state index contributed by atoms with van der Waals surface area (Å²) in [5, 5.41) is 11.5. The smallest absolute Gasteiger partial charge is 0.318 e. The molecule has 4 unspecified atom stereocenters. The summed E-state index contributed by atoms with van der Waals surface area (Å²) in [6.07, 6.45) is 9.59. The van der Waals surface area contributed by atoms with Crippen LogP contribution in [0.5, 0.6) is 0 Å². The van der Waals surface area contributed by atoms with Gasteiger partial charge in [-0.25, -0.2) is 9.18 Å². The van der Waals surface area contributed by atoms with Crippen molar-refractivity contribution in [3.8, 4) is 0 Å². The largest absolute Gasteiger partial charge is 0.335 e. The first-order valence-corrected chi connectivity index (χ1v) is 13.2. The van der Waals surface area contributed by atoms with Gasteiger partial charge in [0.15, 0.2) is 0 Å². The number of halogens is 1. The zero-order chi connectivity index (χ0) is 25.8. The van der Waals surface area contributed by atoms with Crippen molar-refractivity contribution >= 4 is 23.6 Å². The van der Waals surface area contributed by atoms with Gasteiger partial charge in [0.25, 0.3) is 0 Å². The maximum Gasteiger partial charge on any atom is 0.318 e. The molecule has 4 atom stereocenters. The fourth-order valence-electron chi connectivity index (χ4n) is 6.14. The van der Waals surface area contributed by atoms with Crippen LogP contribution in [0.3, 0.4) is 0 Å². The number of benzene rings is 1. The maximum atomic E-state index is 13.3. The number of urea groups is 1. The molecule has 5 nitrogen and oxygen atoms in total. The Hall–Kier alpha value is -2.50. The number of nitrogens with zero attached hydrogens (tertiary/aromatic N) is 2. The van der Waals surface area contributed by atoms with Crippen molar-refractivity contribution in [1.29, 1.82) is 5.41 Å². The minimum atomic E-state index is -0.274. The van der Waals surface area contributed by atoms with E-state index in [0.29, 0.717) is 11.6 Å². The van der Waals surface area contributed by atoms with Gasteiger partial charge in [0.2, 0.25) is 0 Å². The summed E-state index contributed by atoms with van der Waals surface area (Å²) in [4.78, 5) is 19.8. The van der Waals surface area contributed by atoms with E-state index in [1.807, 2.05) is 4.90 Å². The van der Waals surface area contributed by atoms with E-state index in [-0.39, 0.29) is 41.3 Å². The molecule has 0 saturated heterocycles. The molecular weight excluding hydrogens is 439 g/mol. The predicted molar refractivity (Wildman–Crippen MR) is 143 cm³/mol. The van der Waals surface area contributed by atoms with Crippen LogP contribution in [0.1, 0.15) is 80.1 Å². The quantitative estimate of drug-likeness (QED) is 0.356. The van der Waals surface area contributed by atoms with E-state index in [1.165, 1.54) is 23.9 Å². The zero-order valence-electron chi connectivity index (χ0n) is 22.3. The average Bonchev–Trinajstić information content (AvgIpc) is 3.09. The van der Waals surface area contributed by atoms with Crippen molar-refractivity contribution in [3.63, 3.8) is 0 Å². The van der Waals surface area contributed by atoms with Gasteiger partial charge in [-0.1, -0.05) is 25.8 Å². The minimum Gasteiger partial charge on any atom is -0.335 e. The van der Waals surface area contributed by atoms with Crippen molar-refractivity contribution in [1.82, 2.24) is 10.2 Å². The lowest BCUT2D eigenvalue weighted by Gasteiger charge is -2.41. The molecule has 0 bridgehead atoms. The molecule has 2 aliphatic rings. The molecule has 0 aliphatic heterocycles. The van der Waals surface area contributed by atoms with Crippen LogP contribution < -0.4 is 5.32 Å². The first kappa shape index (κ1) is 27.1. The lowest BCUT2D eigenvalue weighted by molar-refractivity contribution is 0.153. The second-order valence-electron chi connectivity index (χ2n) is 11.1. The Morgan fingerprint density at radius 3 is 2.49 bits per heavy atom. The Morgan fingerprint density at radius 1 is 1.26 bits per heavy atom. The summed E-state index contributed by atoms with van der Waals surface area (Å²) < 4.78 is 13.3. The lowest BCUT2D eigenvalue weighted by atomic mass is 9.65. The first-order valence-electron chi connectivity index (χ1n) is 13.2. The van der Waals surface area contributed by atoms with Crippen molar-refractivity contribution in [2.24, 2.45) is 22.2 Å². The molecule has 3 rings (SSSR count). The van der Waals surface area contributed by atoms with Crippen LogP contribution >= 0.6 is 0 Å². The molecule has 0 heterocycles. The van der Waals surface area contributed by atoms with Crippen LogP contribution in [0.15, 0.2) is 40.9 Å². The van der Waals surface area contributed by atoms with Crippen molar-refractivity contribution < 1.29 is 9.18 Å². The third kappa shape index (κ3) is 6.20. The molecule has 192 valence electrons. The minimum absolute atomic E-state index is 0.00344. The number of carbonyl (C=O) groups excluding carboxylic acids is 1. The van der Waals surface area contributed by atoms with E-state index in [0.717, 1.165) is 44.2 Å². The number of hydrogen-bond donors (Lipinski definition) is 2. The fraction of sp³-hybridized carbons (Fsp3) is 0.621. The van der Waals surface area contributed by atoms with Gasteiger partial charge in [-0.15, -0.1) is 0 Å². The van der Waals surface area contributed by atoms with Crippen LogP contribution in [0.25, 0.3) is 0 Å². The van der Waals surface area contributed by atoms with Gasteiger partial charge < -0.3 is 15.6 Å². The number of allylic oxidation sites excluding steroid dienone is 2. The highest BCUT2D eigenvalue weighted by Crippen LogP contribution is 2.55. The van der Waals surface area contributed by atoms with E-state index in [4.69, 9.17) is 10.4 Å². The molecule has 1 saturated carbocycles. The number of rotatable bonds is 9. The molecule has 0 aromatic heterocycles. The second kappa shape index (κ2) is 11.5. The van der Waals surface area contributed by atoms with Gasteiger partial charge in [-0.05, 0) is 101 Å². The SMILES string of the molecule is CCCC(CC1CCC2=CC(=Nc3ccc(F)cc3)C(C=N)CC21C)NC(=O)N(C(C)C)C(C)C. The summed E-state index contributed by atoms with van der Waals surface area (Å²) in [6.45, 7) is 12.8. The highest BCUT2D eigenvalue weighted by molar-refractivity contribution is 6.07.